The van der Waals surface area contributed by atoms with Crippen LogP contribution < -0.4 is 14.8 Å². The highest BCUT2D eigenvalue weighted by atomic mass is 35.5. The van der Waals surface area contributed by atoms with Crippen molar-refractivity contribution < 1.29 is 9.47 Å². The van der Waals surface area contributed by atoms with Gasteiger partial charge in [-0.25, -0.2) is 0 Å². The number of methoxy groups -OCH3 is 2. The quantitative estimate of drug-likeness (QED) is 0.719. The van der Waals surface area contributed by atoms with Crippen LogP contribution in [0.1, 0.15) is 12.0 Å². The first-order valence-electron chi connectivity index (χ1n) is 8.81. The van der Waals surface area contributed by atoms with E-state index in [2.05, 4.69) is 31.9 Å². The van der Waals surface area contributed by atoms with Gasteiger partial charge in [-0.1, -0.05) is 11.6 Å². The Hall–Kier alpha value is -1.54. The van der Waals surface area contributed by atoms with Crippen molar-refractivity contribution in [3.8, 4) is 11.5 Å². The summed E-state index contributed by atoms with van der Waals surface area (Å²) in [5.74, 6) is 1.22. The van der Waals surface area contributed by atoms with Crippen molar-refractivity contribution in [2.24, 2.45) is 0 Å². The van der Waals surface area contributed by atoms with Crippen molar-refractivity contribution >= 4 is 46.0 Å². The van der Waals surface area contributed by atoms with Crippen LogP contribution in [-0.2, 0) is 6.54 Å². The molecule has 8 heteroatoms. The number of benzene rings is 1. The number of ether oxygens (including phenoxy) is 2. The summed E-state index contributed by atoms with van der Waals surface area (Å²) in [6.07, 6.45) is 1.08. The Morgan fingerprint density at radius 1 is 1.19 bits per heavy atom. The molecule has 0 amide bonds. The number of hydrogen-bond donors (Lipinski definition) is 1. The molecule has 3 rings (SSSR count). The zero-order chi connectivity index (χ0) is 19.2. The van der Waals surface area contributed by atoms with E-state index in [1.807, 2.05) is 6.07 Å². The highest BCUT2D eigenvalue weighted by Gasteiger charge is 2.19. The highest BCUT2D eigenvalue weighted by Crippen LogP contribution is 2.36. The van der Waals surface area contributed by atoms with Gasteiger partial charge in [0.1, 0.15) is 11.5 Å². The van der Waals surface area contributed by atoms with Gasteiger partial charge in [-0.05, 0) is 41.0 Å². The second-order valence-corrected chi connectivity index (χ2v) is 7.94. The monoisotopic (exact) mass is 425 g/mol. The summed E-state index contributed by atoms with van der Waals surface area (Å²) in [5.41, 5.74) is 2.13. The molecule has 2 aromatic rings. The average molecular weight is 426 g/mol. The molecular formula is C19H24ClN3O2S2. The molecule has 1 aromatic carbocycles. The number of thiophene rings is 1. The van der Waals surface area contributed by atoms with E-state index in [0.29, 0.717) is 21.6 Å². The molecule has 0 unspecified atom stereocenters. The van der Waals surface area contributed by atoms with Gasteiger partial charge in [0.2, 0.25) is 0 Å². The minimum absolute atomic E-state index is 0.504. The Labute approximate surface area is 174 Å². The Bertz CT molecular complexity index is 771. The number of nitrogens with zero attached hydrogens (tertiary/aromatic N) is 2. The van der Waals surface area contributed by atoms with Gasteiger partial charge < -0.3 is 19.7 Å². The summed E-state index contributed by atoms with van der Waals surface area (Å²) in [4.78, 5) is 4.69. The number of anilines is 1. The third-order valence-corrected chi connectivity index (χ3v) is 5.97. The molecule has 146 valence electrons. The largest absolute Gasteiger partial charge is 0.495 e. The second-order valence-electron chi connectivity index (χ2n) is 6.37. The van der Waals surface area contributed by atoms with Gasteiger partial charge in [0, 0.05) is 44.9 Å². The number of hydrogen-bond acceptors (Lipinski definition) is 5. The molecule has 1 aliphatic heterocycles. The average Bonchev–Trinajstić information content (AvgIpc) is 3.06. The van der Waals surface area contributed by atoms with Crippen LogP contribution in [0.15, 0.2) is 29.0 Å². The van der Waals surface area contributed by atoms with Gasteiger partial charge in [0.15, 0.2) is 5.11 Å². The van der Waals surface area contributed by atoms with E-state index in [1.165, 1.54) is 5.56 Å². The van der Waals surface area contributed by atoms with Gasteiger partial charge in [-0.2, -0.15) is 11.3 Å². The molecular weight excluding hydrogens is 402 g/mol. The van der Waals surface area contributed by atoms with Gasteiger partial charge in [-0.3, -0.25) is 4.90 Å². The van der Waals surface area contributed by atoms with Crippen LogP contribution in [0, 0.1) is 0 Å². The van der Waals surface area contributed by atoms with Crippen molar-refractivity contribution in [1.82, 2.24) is 9.80 Å². The zero-order valence-corrected chi connectivity index (χ0v) is 17.9. The third kappa shape index (κ3) is 5.25. The lowest BCUT2D eigenvalue weighted by Gasteiger charge is -2.25. The summed E-state index contributed by atoms with van der Waals surface area (Å²) in [7, 11) is 3.20. The SMILES string of the molecule is COc1cc(NC(=S)N2CCCN(Cc3ccsc3)CC2)c(OC)cc1Cl. The second kappa shape index (κ2) is 9.59. The van der Waals surface area contributed by atoms with Crippen LogP contribution in [0.4, 0.5) is 5.69 Å². The fourth-order valence-electron chi connectivity index (χ4n) is 3.13. The van der Waals surface area contributed by atoms with Crippen LogP contribution in [0.25, 0.3) is 0 Å². The van der Waals surface area contributed by atoms with Crippen molar-refractivity contribution in [3.05, 3.63) is 39.5 Å². The molecule has 1 saturated heterocycles. The van der Waals surface area contributed by atoms with Gasteiger partial charge in [0.25, 0.3) is 0 Å². The molecule has 27 heavy (non-hydrogen) atoms. The highest BCUT2D eigenvalue weighted by molar-refractivity contribution is 7.80. The lowest BCUT2D eigenvalue weighted by Crippen LogP contribution is -2.37. The Kier molecular flexibility index (Phi) is 7.18. The Morgan fingerprint density at radius 2 is 2.00 bits per heavy atom. The van der Waals surface area contributed by atoms with Crippen molar-refractivity contribution in [1.29, 1.82) is 0 Å². The van der Waals surface area contributed by atoms with E-state index in [-0.39, 0.29) is 0 Å². The van der Waals surface area contributed by atoms with Crippen LogP contribution >= 0.6 is 35.2 Å². The normalized spacial score (nSPS) is 15.3. The number of nitrogens with one attached hydrogen (secondary N) is 1. The first-order valence-corrected chi connectivity index (χ1v) is 10.5. The van der Waals surface area contributed by atoms with E-state index < -0.39 is 0 Å². The van der Waals surface area contributed by atoms with Gasteiger partial charge >= 0.3 is 0 Å². The molecule has 2 heterocycles. The minimum atomic E-state index is 0.504. The summed E-state index contributed by atoms with van der Waals surface area (Å²) in [6, 6.07) is 5.74. The van der Waals surface area contributed by atoms with Crippen molar-refractivity contribution in [2.45, 2.75) is 13.0 Å². The molecule has 1 aromatic heterocycles. The van der Waals surface area contributed by atoms with Crippen molar-refractivity contribution in [3.63, 3.8) is 0 Å². The third-order valence-electron chi connectivity index (χ3n) is 4.58. The number of thiocarbonyl (C=S) groups is 1. The standard InChI is InChI=1S/C19H24ClN3O2S2/c1-24-17-11-16(18(25-2)10-15(17)20)21-19(26)23-6-3-5-22(7-8-23)12-14-4-9-27-13-14/h4,9-11,13H,3,5-8,12H2,1-2H3,(H,21,26). The zero-order valence-electron chi connectivity index (χ0n) is 15.5. The number of halogens is 1. The smallest absolute Gasteiger partial charge is 0.173 e. The summed E-state index contributed by atoms with van der Waals surface area (Å²) >= 11 is 13.6. The predicted octanol–water partition coefficient (Wildman–Crippen LogP) is 4.32. The van der Waals surface area contributed by atoms with Crippen LogP contribution in [0.5, 0.6) is 11.5 Å². The summed E-state index contributed by atoms with van der Waals surface area (Å²) in [5, 5.41) is 8.84. The molecule has 0 aliphatic carbocycles. The maximum Gasteiger partial charge on any atom is 0.173 e. The molecule has 1 aliphatic rings. The van der Waals surface area contributed by atoms with E-state index in [4.69, 9.17) is 33.3 Å². The topological polar surface area (TPSA) is 37.0 Å². The fourth-order valence-corrected chi connectivity index (χ4v) is 4.31. The molecule has 0 radical (unpaired) electrons. The number of rotatable bonds is 5. The fraction of sp³-hybridized carbons (Fsp3) is 0.421. The molecule has 0 saturated carbocycles. The van der Waals surface area contributed by atoms with Crippen LogP contribution in [0.2, 0.25) is 5.02 Å². The van der Waals surface area contributed by atoms with E-state index in [9.17, 15) is 0 Å². The van der Waals surface area contributed by atoms with Gasteiger partial charge in [0.05, 0.1) is 24.9 Å². The molecule has 0 bridgehead atoms. The predicted molar refractivity (Wildman–Crippen MR) is 117 cm³/mol. The van der Waals surface area contributed by atoms with Gasteiger partial charge in [-0.15, -0.1) is 0 Å². The lowest BCUT2D eigenvalue weighted by atomic mass is 10.2. The Balaban J connectivity index is 1.63. The van der Waals surface area contributed by atoms with E-state index >= 15 is 0 Å². The molecule has 0 atom stereocenters. The molecule has 0 spiro atoms. The summed E-state index contributed by atoms with van der Waals surface area (Å²) < 4.78 is 10.7. The molecule has 1 N–H and O–H groups in total. The maximum atomic E-state index is 6.18. The molecule has 1 fully saturated rings. The minimum Gasteiger partial charge on any atom is -0.495 e. The summed E-state index contributed by atoms with van der Waals surface area (Å²) in [6.45, 7) is 4.88. The lowest BCUT2D eigenvalue weighted by molar-refractivity contribution is 0.278. The maximum absolute atomic E-state index is 6.18. The first-order chi connectivity index (χ1) is 13.1. The van der Waals surface area contributed by atoms with E-state index in [0.717, 1.165) is 44.8 Å². The first kappa shape index (κ1) is 20.2. The Morgan fingerprint density at radius 3 is 2.70 bits per heavy atom. The van der Waals surface area contributed by atoms with Crippen LogP contribution in [0.3, 0.4) is 0 Å². The van der Waals surface area contributed by atoms with Crippen molar-refractivity contribution in [2.75, 3.05) is 45.7 Å². The van der Waals surface area contributed by atoms with Crippen LogP contribution in [-0.4, -0.2) is 55.3 Å². The molecule has 5 nitrogen and oxygen atoms in total. The van der Waals surface area contributed by atoms with E-state index in [1.54, 1.807) is 31.6 Å².